The van der Waals surface area contributed by atoms with Crippen molar-refractivity contribution in [2.24, 2.45) is 10.8 Å². The Kier molecular flexibility index (Phi) is 16.5. The Labute approximate surface area is 368 Å². The van der Waals surface area contributed by atoms with Crippen LogP contribution in [-0.4, -0.2) is 104 Å². The summed E-state index contributed by atoms with van der Waals surface area (Å²) in [6.45, 7) is 17.4. The number of aryl methyl sites for hydroxylation is 2. The molecular formula is C48H68N8O6. The second-order valence-electron chi connectivity index (χ2n) is 19.1. The molecule has 0 saturated heterocycles. The van der Waals surface area contributed by atoms with Gasteiger partial charge in [0.2, 0.25) is 0 Å². The number of hydrogen-bond acceptors (Lipinski definition) is 14. The fourth-order valence-electron chi connectivity index (χ4n) is 7.53. The van der Waals surface area contributed by atoms with E-state index >= 15 is 0 Å². The normalized spacial score (nSPS) is 14.3. The number of aromatic nitrogens is 6. The second kappa shape index (κ2) is 21.3. The van der Waals surface area contributed by atoms with Crippen LogP contribution in [-0.2, 0) is 35.3 Å². The number of rotatable bonds is 18. The molecule has 0 saturated carbocycles. The topological polar surface area (TPSA) is 177 Å². The summed E-state index contributed by atoms with van der Waals surface area (Å²) in [5, 5.41) is 19.5. The molecule has 0 aliphatic heterocycles. The molecule has 0 unspecified atom stereocenters. The van der Waals surface area contributed by atoms with Crippen molar-refractivity contribution in [2.45, 2.75) is 132 Å². The summed E-state index contributed by atoms with van der Waals surface area (Å²) in [6.07, 6.45) is 10.4. The SMILES string of the molecule is CC[C@@H](O)COc1ccnc(-c2nc3c(c(N(C)CC(=O)CC(C)(C)C)n2)CCC3)c1.CC[C@H](O)COc1ccnc(-c2nc3c(c(N(C)CC(=O)CC(C)(C)C)n2)CCC3)c1. The number of aliphatic hydroxyl groups excluding tert-OH is 2. The van der Waals surface area contributed by atoms with E-state index in [-0.39, 0.29) is 35.6 Å². The standard InChI is InChI=1S/2C24H34N4O3/c2*1-6-16(29)15-31-18-10-11-25-21(12-18)22-26-20-9-7-8-19(20)23(27-22)28(5)14-17(30)13-24(2,3)4/h2*10-12,16,29H,6-9,13-15H2,1-5H3/t2*16-/m10/s1. The fourth-order valence-corrected chi connectivity index (χ4v) is 7.53. The number of carbonyl (C=O) groups is 2. The monoisotopic (exact) mass is 853 g/mol. The molecule has 2 atom stereocenters. The number of anilines is 2. The molecule has 0 bridgehead atoms. The average Bonchev–Trinajstić information content (AvgIpc) is 3.90. The number of carbonyl (C=O) groups excluding carboxylic acids is 2. The van der Waals surface area contributed by atoms with E-state index in [0.29, 0.717) is 73.3 Å². The predicted molar refractivity (Wildman–Crippen MR) is 243 cm³/mol. The van der Waals surface area contributed by atoms with Gasteiger partial charge in [0.15, 0.2) is 23.2 Å². The molecule has 4 aromatic rings. The van der Waals surface area contributed by atoms with Crippen molar-refractivity contribution < 1.29 is 29.3 Å². The van der Waals surface area contributed by atoms with Crippen molar-refractivity contribution in [2.75, 3.05) is 50.2 Å². The number of ether oxygens (including phenoxy) is 2. The third kappa shape index (κ3) is 14.0. The van der Waals surface area contributed by atoms with Gasteiger partial charge in [-0.2, -0.15) is 0 Å². The van der Waals surface area contributed by atoms with E-state index in [1.165, 1.54) is 0 Å². The number of Topliss-reactive ketones (excluding diaryl/α,β-unsaturated/α-hetero) is 2. The number of likely N-dealkylation sites (N-methyl/N-ethyl adjacent to an activating group) is 2. The smallest absolute Gasteiger partial charge is 0.180 e. The molecule has 4 heterocycles. The molecular weight excluding hydrogens is 785 g/mol. The number of fused-ring (bicyclic) bond motifs is 2. The third-order valence-electron chi connectivity index (χ3n) is 10.6. The quantitative estimate of drug-likeness (QED) is 0.102. The van der Waals surface area contributed by atoms with Crippen LogP contribution in [0.25, 0.3) is 23.0 Å². The highest BCUT2D eigenvalue weighted by Crippen LogP contribution is 2.33. The summed E-state index contributed by atoms with van der Waals surface area (Å²) in [7, 11) is 3.84. The van der Waals surface area contributed by atoms with Gasteiger partial charge >= 0.3 is 0 Å². The molecule has 14 heteroatoms. The van der Waals surface area contributed by atoms with E-state index in [4.69, 9.17) is 29.4 Å². The Balaban J connectivity index is 0.000000234. The summed E-state index contributed by atoms with van der Waals surface area (Å²) in [5.41, 5.74) is 5.50. The van der Waals surface area contributed by atoms with E-state index in [1.807, 2.05) is 37.7 Å². The van der Waals surface area contributed by atoms with Crippen LogP contribution in [0.5, 0.6) is 11.5 Å². The summed E-state index contributed by atoms with van der Waals surface area (Å²) in [5.74, 6) is 4.34. The van der Waals surface area contributed by atoms with Gasteiger partial charge in [-0.25, -0.2) is 19.9 Å². The first-order valence-corrected chi connectivity index (χ1v) is 22.1. The first-order chi connectivity index (χ1) is 29.3. The molecule has 6 rings (SSSR count). The summed E-state index contributed by atoms with van der Waals surface area (Å²) >= 11 is 0. The van der Waals surface area contributed by atoms with Crippen molar-refractivity contribution in [1.29, 1.82) is 0 Å². The number of pyridine rings is 2. The lowest BCUT2D eigenvalue weighted by Gasteiger charge is -2.23. The molecule has 0 amide bonds. The zero-order valence-corrected chi connectivity index (χ0v) is 38.6. The highest BCUT2D eigenvalue weighted by atomic mass is 16.5. The molecule has 14 nitrogen and oxygen atoms in total. The minimum atomic E-state index is -0.501. The van der Waals surface area contributed by atoms with Gasteiger partial charge in [0.1, 0.15) is 47.7 Å². The first-order valence-electron chi connectivity index (χ1n) is 22.1. The fraction of sp³-hybridized carbons (Fsp3) is 0.583. The Morgan fingerprint density at radius 2 is 1.03 bits per heavy atom. The molecule has 2 aliphatic carbocycles. The minimum Gasteiger partial charge on any atom is -0.491 e. The van der Waals surface area contributed by atoms with E-state index in [1.54, 1.807) is 36.7 Å². The molecule has 0 spiro atoms. The van der Waals surface area contributed by atoms with Crippen molar-refractivity contribution in [3.63, 3.8) is 0 Å². The molecule has 62 heavy (non-hydrogen) atoms. The van der Waals surface area contributed by atoms with Crippen molar-refractivity contribution in [3.8, 4) is 34.5 Å². The molecule has 2 aliphatic rings. The number of aliphatic hydroxyl groups is 2. The van der Waals surface area contributed by atoms with Gasteiger partial charge in [0.25, 0.3) is 0 Å². The van der Waals surface area contributed by atoms with Crippen LogP contribution < -0.4 is 19.3 Å². The summed E-state index contributed by atoms with van der Waals surface area (Å²) in [4.78, 5) is 57.0. The van der Waals surface area contributed by atoms with Gasteiger partial charge in [0, 0.05) is 74.0 Å². The van der Waals surface area contributed by atoms with Crippen molar-refractivity contribution >= 4 is 23.2 Å². The van der Waals surface area contributed by atoms with Crippen LogP contribution in [0.15, 0.2) is 36.7 Å². The van der Waals surface area contributed by atoms with Crippen LogP contribution in [0.1, 0.15) is 116 Å². The van der Waals surface area contributed by atoms with Crippen molar-refractivity contribution in [1.82, 2.24) is 29.9 Å². The Morgan fingerprint density at radius 1 is 0.645 bits per heavy atom. The van der Waals surface area contributed by atoms with Gasteiger partial charge < -0.3 is 29.5 Å². The van der Waals surface area contributed by atoms with Crippen LogP contribution in [0.4, 0.5) is 11.6 Å². The number of nitrogens with zero attached hydrogens (tertiary/aromatic N) is 8. The lowest BCUT2D eigenvalue weighted by atomic mass is 9.90. The molecule has 0 radical (unpaired) electrons. The molecule has 0 fully saturated rings. The Bertz CT molecular complexity index is 2000. The van der Waals surface area contributed by atoms with E-state index in [9.17, 15) is 19.8 Å². The zero-order valence-electron chi connectivity index (χ0n) is 38.6. The van der Waals surface area contributed by atoms with Gasteiger partial charge in [0.05, 0.1) is 25.3 Å². The second-order valence-corrected chi connectivity index (χ2v) is 19.1. The molecule has 2 N–H and O–H groups in total. The highest BCUT2D eigenvalue weighted by molar-refractivity contribution is 5.84. The van der Waals surface area contributed by atoms with Gasteiger partial charge in [-0.1, -0.05) is 55.4 Å². The molecule has 4 aromatic heterocycles. The number of hydrogen-bond donors (Lipinski definition) is 2. The van der Waals surface area contributed by atoms with Crippen molar-refractivity contribution in [3.05, 3.63) is 59.2 Å². The third-order valence-corrected chi connectivity index (χ3v) is 10.6. The Morgan fingerprint density at radius 3 is 1.39 bits per heavy atom. The van der Waals surface area contributed by atoms with Gasteiger partial charge in [-0.05, 0) is 74.3 Å². The van der Waals surface area contributed by atoms with Crippen LogP contribution in [0, 0.1) is 10.8 Å². The highest BCUT2D eigenvalue weighted by Gasteiger charge is 2.27. The number of ketones is 2. The van der Waals surface area contributed by atoms with Gasteiger partial charge in [-0.3, -0.25) is 19.6 Å². The zero-order chi connectivity index (χ0) is 45.2. The minimum absolute atomic E-state index is 0.0353. The maximum absolute atomic E-state index is 12.6. The van der Waals surface area contributed by atoms with Crippen LogP contribution in [0.3, 0.4) is 0 Å². The summed E-state index contributed by atoms with van der Waals surface area (Å²) in [6, 6.07) is 7.12. The average molecular weight is 853 g/mol. The largest absolute Gasteiger partial charge is 0.491 e. The Hall–Kier alpha value is -5.08. The van der Waals surface area contributed by atoms with Crippen LogP contribution >= 0.6 is 0 Å². The van der Waals surface area contributed by atoms with Crippen LogP contribution in [0.2, 0.25) is 0 Å². The van der Waals surface area contributed by atoms with E-state index < -0.39 is 12.2 Å². The van der Waals surface area contributed by atoms with E-state index in [0.717, 1.165) is 72.7 Å². The lowest BCUT2D eigenvalue weighted by molar-refractivity contribution is -0.120. The predicted octanol–water partition coefficient (Wildman–Crippen LogP) is 7.24. The maximum Gasteiger partial charge on any atom is 0.180 e. The van der Waals surface area contributed by atoms with Gasteiger partial charge in [-0.15, -0.1) is 0 Å². The molecule has 0 aromatic carbocycles. The lowest BCUT2D eigenvalue weighted by Crippen LogP contribution is -2.30. The van der Waals surface area contributed by atoms with E-state index in [2.05, 4.69) is 51.5 Å². The maximum atomic E-state index is 12.6. The first kappa shape index (κ1) is 48.0. The summed E-state index contributed by atoms with van der Waals surface area (Å²) < 4.78 is 11.4. The molecule has 336 valence electrons.